The van der Waals surface area contributed by atoms with Gasteiger partial charge in [0.15, 0.2) is 5.76 Å². The Balaban J connectivity index is 1.72. The molecule has 1 heterocycles. The Bertz CT molecular complexity index is 1010. The number of methoxy groups -OCH3 is 1. The fraction of sp³-hybridized carbons (Fsp3) is 0.238. The van der Waals surface area contributed by atoms with Gasteiger partial charge in [-0.3, -0.25) is 9.59 Å². The number of hydrogen-bond acceptors (Lipinski definition) is 4. The highest BCUT2D eigenvalue weighted by molar-refractivity contribution is 5.99. The summed E-state index contributed by atoms with van der Waals surface area (Å²) in [5.41, 5.74) is 7.47. The van der Waals surface area contributed by atoms with Crippen LogP contribution in [-0.2, 0) is 11.2 Å². The highest BCUT2D eigenvalue weighted by Gasteiger charge is 2.21. The number of rotatable bonds is 7. The SMILES string of the molecule is COc1ccc2oc(C(=O)NCC(Cc3ccc(F)cc3)C(N)=O)c(C)c2c1. The number of hydrogen-bond donors (Lipinski definition) is 2. The van der Waals surface area contributed by atoms with Gasteiger partial charge in [-0.1, -0.05) is 12.1 Å². The predicted octanol–water partition coefficient (Wildman–Crippen LogP) is 2.96. The van der Waals surface area contributed by atoms with E-state index in [2.05, 4.69) is 5.32 Å². The summed E-state index contributed by atoms with van der Waals surface area (Å²) in [5, 5.41) is 3.48. The van der Waals surface area contributed by atoms with Crippen LogP contribution in [0.5, 0.6) is 5.75 Å². The average Bonchev–Trinajstić information content (AvgIpc) is 3.02. The second-order valence-electron chi connectivity index (χ2n) is 6.56. The summed E-state index contributed by atoms with van der Waals surface area (Å²) in [6.07, 6.45) is 0.298. The van der Waals surface area contributed by atoms with E-state index in [-0.39, 0.29) is 18.1 Å². The predicted molar refractivity (Wildman–Crippen MR) is 103 cm³/mol. The Morgan fingerprint density at radius 1 is 1.21 bits per heavy atom. The fourth-order valence-electron chi connectivity index (χ4n) is 3.02. The third-order valence-electron chi connectivity index (χ3n) is 4.66. The Kier molecular flexibility index (Phi) is 5.63. The molecule has 0 aliphatic rings. The molecule has 0 spiro atoms. The lowest BCUT2D eigenvalue weighted by molar-refractivity contribution is -0.121. The first-order valence-corrected chi connectivity index (χ1v) is 8.78. The van der Waals surface area contributed by atoms with Crippen molar-refractivity contribution in [1.29, 1.82) is 0 Å². The van der Waals surface area contributed by atoms with Crippen molar-refractivity contribution in [2.45, 2.75) is 13.3 Å². The van der Waals surface area contributed by atoms with Gasteiger partial charge >= 0.3 is 0 Å². The van der Waals surface area contributed by atoms with Crippen LogP contribution in [0, 0.1) is 18.7 Å². The smallest absolute Gasteiger partial charge is 0.287 e. The Hall–Kier alpha value is -3.35. The van der Waals surface area contributed by atoms with E-state index in [0.29, 0.717) is 23.3 Å². The standard InChI is InChI=1S/C21H21FN2O4/c1-12-17-10-16(27-2)7-8-18(17)28-19(12)21(26)24-11-14(20(23)25)9-13-3-5-15(22)6-4-13/h3-8,10,14H,9,11H2,1-2H3,(H2,23,25)(H,24,26). The quantitative estimate of drug-likeness (QED) is 0.655. The summed E-state index contributed by atoms with van der Waals surface area (Å²) in [5.74, 6) is -1.12. The van der Waals surface area contributed by atoms with Crippen molar-refractivity contribution >= 4 is 22.8 Å². The molecule has 1 aromatic heterocycles. The largest absolute Gasteiger partial charge is 0.497 e. The highest BCUT2D eigenvalue weighted by atomic mass is 19.1. The summed E-state index contributed by atoms with van der Waals surface area (Å²) in [4.78, 5) is 24.3. The van der Waals surface area contributed by atoms with Crippen molar-refractivity contribution in [2.75, 3.05) is 13.7 Å². The molecule has 0 aliphatic heterocycles. The molecular weight excluding hydrogens is 363 g/mol. The molecule has 0 bridgehead atoms. The first-order chi connectivity index (χ1) is 13.4. The maximum absolute atomic E-state index is 13.0. The van der Waals surface area contributed by atoms with Crippen LogP contribution in [0.25, 0.3) is 11.0 Å². The van der Waals surface area contributed by atoms with Crippen LogP contribution in [0.2, 0.25) is 0 Å². The fourth-order valence-corrected chi connectivity index (χ4v) is 3.02. The summed E-state index contributed by atoms with van der Waals surface area (Å²) in [7, 11) is 1.56. The van der Waals surface area contributed by atoms with Crippen molar-refractivity contribution in [1.82, 2.24) is 5.32 Å². The van der Waals surface area contributed by atoms with Crippen molar-refractivity contribution in [3.8, 4) is 5.75 Å². The number of benzene rings is 2. The van der Waals surface area contributed by atoms with Crippen LogP contribution in [0.1, 0.15) is 21.7 Å². The molecule has 0 fully saturated rings. The van der Waals surface area contributed by atoms with Gasteiger partial charge in [-0.2, -0.15) is 0 Å². The first kappa shape index (κ1) is 19.4. The molecule has 3 N–H and O–H groups in total. The molecule has 3 rings (SSSR count). The molecule has 0 saturated heterocycles. The van der Waals surface area contributed by atoms with Gasteiger partial charge in [0, 0.05) is 17.5 Å². The zero-order chi connectivity index (χ0) is 20.3. The minimum Gasteiger partial charge on any atom is -0.497 e. The van der Waals surface area contributed by atoms with Crippen LogP contribution in [0.3, 0.4) is 0 Å². The summed E-state index contributed by atoms with van der Waals surface area (Å²) in [6, 6.07) is 11.1. The molecule has 0 saturated carbocycles. The number of carbonyl (C=O) groups is 2. The lowest BCUT2D eigenvalue weighted by Gasteiger charge is -2.14. The monoisotopic (exact) mass is 384 g/mol. The lowest BCUT2D eigenvalue weighted by Crippen LogP contribution is -2.37. The molecule has 7 heteroatoms. The van der Waals surface area contributed by atoms with Gasteiger partial charge in [0.25, 0.3) is 5.91 Å². The minimum atomic E-state index is -0.626. The van der Waals surface area contributed by atoms with E-state index in [0.717, 1.165) is 10.9 Å². The average molecular weight is 384 g/mol. The zero-order valence-corrected chi connectivity index (χ0v) is 15.6. The zero-order valence-electron chi connectivity index (χ0n) is 15.6. The number of amides is 2. The van der Waals surface area contributed by atoms with Gasteiger partial charge in [-0.05, 0) is 49.2 Å². The molecule has 0 aliphatic carbocycles. The van der Waals surface area contributed by atoms with Gasteiger partial charge in [0.05, 0.1) is 13.0 Å². The molecule has 2 aromatic carbocycles. The van der Waals surface area contributed by atoms with Crippen LogP contribution >= 0.6 is 0 Å². The second kappa shape index (κ2) is 8.12. The van der Waals surface area contributed by atoms with E-state index >= 15 is 0 Å². The molecule has 146 valence electrons. The van der Waals surface area contributed by atoms with Crippen molar-refractivity contribution in [3.63, 3.8) is 0 Å². The summed E-state index contributed by atoms with van der Waals surface area (Å²) < 4.78 is 23.9. The molecule has 0 radical (unpaired) electrons. The number of aryl methyl sites for hydroxylation is 1. The van der Waals surface area contributed by atoms with E-state index in [1.807, 2.05) is 0 Å². The highest BCUT2D eigenvalue weighted by Crippen LogP contribution is 2.28. The third-order valence-corrected chi connectivity index (χ3v) is 4.66. The molecule has 6 nitrogen and oxygen atoms in total. The van der Waals surface area contributed by atoms with E-state index in [1.54, 1.807) is 44.4 Å². The van der Waals surface area contributed by atoms with Gasteiger partial charge in [0.2, 0.25) is 5.91 Å². The number of primary amides is 1. The molecular formula is C21H21FN2O4. The lowest BCUT2D eigenvalue weighted by atomic mass is 9.98. The summed E-state index contributed by atoms with van der Waals surface area (Å²) >= 11 is 0. The number of nitrogens with one attached hydrogen (secondary N) is 1. The number of furan rings is 1. The topological polar surface area (TPSA) is 94.6 Å². The minimum absolute atomic E-state index is 0.0470. The molecule has 2 amide bonds. The molecule has 3 aromatic rings. The van der Waals surface area contributed by atoms with Crippen LogP contribution in [0.4, 0.5) is 4.39 Å². The van der Waals surface area contributed by atoms with Gasteiger partial charge in [0.1, 0.15) is 17.1 Å². The number of carbonyl (C=O) groups excluding carboxylic acids is 2. The van der Waals surface area contributed by atoms with E-state index in [9.17, 15) is 14.0 Å². The van der Waals surface area contributed by atoms with Crippen molar-refractivity contribution in [3.05, 3.63) is 65.2 Å². The molecule has 28 heavy (non-hydrogen) atoms. The van der Waals surface area contributed by atoms with Crippen LogP contribution in [-0.4, -0.2) is 25.5 Å². The third kappa shape index (κ3) is 4.14. The number of halogens is 1. The van der Waals surface area contributed by atoms with Crippen LogP contribution < -0.4 is 15.8 Å². The van der Waals surface area contributed by atoms with Gasteiger partial charge in [-0.25, -0.2) is 4.39 Å². The Morgan fingerprint density at radius 3 is 2.57 bits per heavy atom. The van der Waals surface area contributed by atoms with Crippen LogP contribution in [0.15, 0.2) is 46.9 Å². The van der Waals surface area contributed by atoms with E-state index < -0.39 is 17.7 Å². The van der Waals surface area contributed by atoms with Crippen molar-refractivity contribution in [2.24, 2.45) is 11.7 Å². The number of ether oxygens (including phenoxy) is 1. The summed E-state index contributed by atoms with van der Waals surface area (Å²) in [6.45, 7) is 1.83. The van der Waals surface area contributed by atoms with Crippen molar-refractivity contribution < 1.29 is 23.1 Å². The molecule has 1 atom stereocenters. The second-order valence-corrected chi connectivity index (χ2v) is 6.56. The Labute approximate surface area is 161 Å². The van der Waals surface area contributed by atoms with E-state index in [4.69, 9.17) is 14.9 Å². The Morgan fingerprint density at radius 2 is 1.93 bits per heavy atom. The number of nitrogens with two attached hydrogens (primary N) is 1. The first-order valence-electron chi connectivity index (χ1n) is 8.78. The van der Waals surface area contributed by atoms with Gasteiger partial charge < -0.3 is 20.2 Å². The normalized spacial score (nSPS) is 12.0. The molecule has 1 unspecified atom stereocenters. The number of fused-ring (bicyclic) bond motifs is 1. The van der Waals surface area contributed by atoms with Gasteiger partial charge in [-0.15, -0.1) is 0 Å². The van der Waals surface area contributed by atoms with E-state index in [1.165, 1.54) is 12.1 Å². The maximum atomic E-state index is 13.0. The maximum Gasteiger partial charge on any atom is 0.287 e.